The molecule has 0 aliphatic carbocycles. The minimum absolute atomic E-state index is 0.118. The van der Waals surface area contributed by atoms with Gasteiger partial charge in [0.2, 0.25) is 0 Å². The van der Waals surface area contributed by atoms with Gasteiger partial charge < -0.3 is 10.2 Å². The standard InChI is InChI=1S/C15H23FN2/c1-4-11(2)15-10-18(8-7-17-15)13-5-6-14(16)12(3)9-13/h5-6,9,11,15,17H,4,7-8,10H2,1-3H3. The summed E-state index contributed by atoms with van der Waals surface area (Å²) < 4.78 is 13.3. The van der Waals surface area contributed by atoms with E-state index >= 15 is 0 Å². The third kappa shape index (κ3) is 2.83. The van der Waals surface area contributed by atoms with Crippen molar-refractivity contribution in [2.75, 3.05) is 24.5 Å². The summed E-state index contributed by atoms with van der Waals surface area (Å²) >= 11 is 0. The highest BCUT2D eigenvalue weighted by atomic mass is 19.1. The molecule has 1 N–H and O–H groups in total. The molecule has 100 valence electrons. The van der Waals surface area contributed by atoms with Crippen LogP contribution in [0.4, 0.5) is 10.1 Å². The van der Waals surface area contributed by atoms with Gasteiger partial charge in [-0.25, -0.2) is 4.39 Å². The number of anilines is 1. The summed E-state index contributed by atoms with van der Waals surface area (Å²) in [6.07, 6.45) is 1.19. The highest BCUT2D eigenvalue weighted by Gasteiger charge is 2.23. The lowest BCUT2D eigenvalue weighted by atomic mass is 9.97. The summed E-state index contributed by atoms with van der Waals surface area (Å²) in [5.41, 5.74) is 1.87. The molecule has 0 bridgehead atoms. The minimum Gasteiger partial charge on any atom is -0.369 e. The van der Waals surface area contributed by atoms with E-state index < -0.39 is 0 Å². The summed E-state index contributed by atoms with van der Waals surface area (Å²) in [4.78, 5) is 2.36. The molecule has 1 aliphatic rings. The van der Waals surface area contributed by atoms with Crippen molar-refractivity contribution in [3.63, 3.8) is 0 Å². The van der Waals surface area contributed by atoms with Crippen LogP contribution in [0.15, 0.2) is 18.2 Å². The van der Waals surface area contributed by atoms with E-state index in [1.165, 1.54) is 6.42 Å². The Balaban J connectivity index is 2.10. The molecule has 1 saturated heterocycles. The molecular formula is C15H23FN2. The quantitative estimate of drug-likeness (QED) is 0.887. The fourth-order valence-corrected chi connectivity index (χ4v) is 2.50. The van der Waals surface area contributed by atoms with Gasteiger partial charge in [-0.2, -0.15) is 0 Å². The van der Waals surface area contributed by atoms with E-state index in [2.05, 4.69) is 24.1 Å². The van der Waals surface area contributed by atoms with Gasteiger partial charge in [0.15, 0.2) is 0 Å². The Labute approximate surface area is 109 Å². The maximum atomic E-state index is 13.3. The molecule has 0 saturated carbocycles. The van der Waals surface area contributed by atoms with Crippen LogP contribution in [0.3, 0.4) is 0 Å². The highest BCUT2D eigenvalue weighted by Crippen LogP contribution is 2.21. The lowest BCUT2D eigenvalue weighted by Crippen LogP contribution is -2.53. The second-order valence-electron chi connectivity index (χ2n) is 5.33. The van der Waals surface area contributed by atoms with Crippen LogP contribution in [-0.4, -0.2) is 25.7 Å². The number of aryl methyl sites for hydroxylation is 1. The van der Waals surface area contributed by atoms with Crippen molar-refractivity contribution < 1.29 is 4.39 Å². The van der Waals surface area contributed by atoms with Gasteiger partial charge in [0, 0.05) is 31.4 Å². The SMILES string of the molecule is CCC(C)C1CN(c2ccc(F)c(C)c2)CCN1. The van der Waals surface area contributed by atoms with Crippen molar-refractivity contribution in [1.29, 1.82) is 0 Å². The molecule has 1 heterocycles. The Hall–Kier alpha value is -1.09. The molecule has 2 nitrogen and oxygen atoms in total. The number of rotatable bonds is 3. The molecule has 1 aromatic rings. The zero-order chi connectivity index (χ0) is 13.1. The number of benzene rings is 1. The van der Waals surface area contributed by atoms with Crippen LogP contribution in [-0.2, 0) is 0 Å². The summed E-state index contributed by atoms with van der Waals surface area (Å²) in [5, 5.41) is 3.58. The lowest BCUT2D eigenvalue weighted by Gasteiger charge is -2.38. The zero-order valence-electron chi connectivity index (χ0n) is 11.5. The largest absolute Gasteiger partial charge is 0.369 e. The van der Waals surface area contributed by atoms with Crippen LogP contribution in [0.1, 0.15) is 25.8 Å². The van der Waals surface area contributed by atoms with Gasteiger partial charge >= 0.3 is 0 Å². The van der Waals surface area contributed by atoms with Crippen LogP contribution < -0.4 is 10.2 Å². The molecule has 2 unspecified atom stereocenters. The maximum Gasteiger partial charge on any atom is 0.126 e. The molecule has 0 aromatic heterocycles. The molecule has 1 aliphatic heterocycles. The monoisotopic (exact) mass is 250 g/mol. The fourth-order valence-electron chi connectivity index (χ4n) is 2.50. The first-order valence-corrected chi connectivity index (χ1v) is 6.86. The first kappa shape index (κ1) is 13.3. The Kier molecular flexibility index (Phi) is 4.23. The summed E-state index contributed by atoms with van der Waals surface area (Å²) in [6, 6.07) is 5.95. The molecule has 2 rings (SSSR count). The Morgan fingerprint density at radius 3 is 2.94 bits per heavy atom. The van der Waals surface area contributed by atoms with E-state index in [0.29, 0.717) is 12.0 Å². The Bertz CT molecular complexity index is 405. The topological polar surface area (TPSA) is 15.3 Å². The molecule has 0 amide bonds. The Morgan fingerprint density at radius 1 is 1.50 bits per heavy atom. The van der Waals surface area contributed by atoms with Crippen molar-refractivity contribution in [2.24, 2.45) is 5.92 Å². The van der Waals surface area contributed by atoms with Gasteiger partial charge in [0.05, 0.1) is 0 Å². The van der Waals surface area contributed by atoms with Crippen molar-refractivity contribution >= 4 is 5.69 Å². The molecule has 0 radical (unpaired) electrons. The van der Waals surface area contributed by atoms with Crippen LogP contribution in [0.25, 0.3) is 0 Å². The zero-order valence-corrected chi connectivity index (χ0v) is 11.5. The predicted octanol–water partition coefficient (Wildman–Crippen LogP) is 2.96. The molecule has 2 atom stereocenters. The van der Waals surface area contributed by atoms with Gasteiger partial charge in [-0.05, 0) is 36.6 Å². The second-order valence-corrected chi connectivity index (χ2v) is 5.33. The van der Waals surface area contributed by atoms with Gasteiger partial charge in [0.25, 0.3) is 0 Å². The number of nitrogens with one attached hydrogen (secondary N) is 1. The maximum absolute atomic E-state index is 13.3. The number of hydrogen-bond donors (Lipinski definition) is 1. The van der Waals surface area contributed by atoms with Crippen molar-refractivity contribution in [2.45, 2.75) is 33.2 Å². The van der Waals surface area contributed by atoms with Crippen LogP contribution in [0.2, 0.25) is 0 Å². The smallest absolute Gasteiger partial charge is 0.126 e. The van der Waals surface area contributed by atoms with E-state index in [4.69, 9.17) is 0 Å². The molecule has 0 spiro atoms. The summed E-state index contributed by atoms with van der Waals surface area (Å²) in [5.74, 6) is 0.557. The molecule has 1 fully saturated rings. The average Bonchev–Trinajstić information content (AvgIpc) is 2.41. The van der Waals surface area contributed by atoms with Crippen LogP contribution in [0, 0.1) is 18.7 Å². The first-order valence-electron chi connectivity index (χ1n) is 6.86. The van der Waals surface area contributed by atoms with Crippen molar-refractivity contribution in [1.82, 2.24) is 5.32 Å². The predicted molar refractivity (Wildman–Crippen MR) is 74.6 cm³/mol. The normalized spacial score (nSPS) is 22.0. The minimum atomic E-state index is -0.118. The number of hydrogen-bond acceptors (Lipinski definition) is 2. The number of halogens is 1. The van der Waals surface area contributed by atoms with Crippen LogP contribution >= 0.6 is 0 Å². The molecule has 3 heteroatoms. The van der Waals surface area contributed by atoms with E-state index in [1.54, 1.807) is 6.07 Å². The van der Waals surface area contributed by atoms with Crippen molar-refractivity contribution in [3.05, 3.63) is 29.6 Å². The van der Waals surface area contributed by atoms with Crippen molar-refractivity contribution in [3.8, 4) is 0 Å². The fraction of sp³-hybridized carbons (Fsp3) is 0.600. The highest BCUT2D eigenvalue weighted by molar-refractivity contribution is 5.49. The summed E-state index contributed by atoms with van der Waals surface area (Å²) in [6.45, 7) is 9.36. The number of nitrogens with zero attached hydrogens (tertiary/aromatic N) is 1. The average molecular weight is 250 g/mol. The molecule has 18 heavy (non-hydrogen) atoms. The second kappa shape index (κ2) is 5.70. The molecular weight excluding hydrogens is 227 g/mol. The lowest BCUT2D eigenvalue weighted by molar-refractivity contribution is 0.342. The van der Waals surface area contributed by atoms with Gasteiger partial charge in [-0.3, -0.25) is 0 Å². The van der Waals surface area contributed by atoms with E-state index in [9.17, 15) is 4.39 Å². The van der Waals surface area contributed by atoms with Gasteiger partial charge in [-0.1, -0.05) is 20.3 Å². The number of piperazine rings is 1. The summed E-state index contributed by atoms with van der Waals surface area (Å²) in [7, 11) is 0. The third-order valence-electron chi connectivity index (χ3n) is 4.04. The van der Waals surface area contributed by atoms with E-state index in [-0.39, 0.29) is 5.82 Å². The van der Waals surface area contributed by atoms with E-state index in [1.807, 2.05) is 19.1 Å². The Morgan fingerprint density at radius 2 is 2.28 bits per heavy atom. The van der Waals surface area contributed by atoms with Crippen LogP contribution in [0.5, 0.6) is 0 Å². The van der Waals surface area contributed by atoms with Gasteiger partial charge in [0.1, 0.15) is 5.82 Å². The third-order valence-corrected chi connectivity index (χ3v) is 4.04. The molecule has 1 aromatic carbocycles. The van der Waals surface area contributed by atoms with Gasteiger partial charge in [-0.15, -0.1) is 0 Å². The van der Waals surface area contributed by atoms with E-state index in [0.717, 1.165) is 30.9 Å². The first-order chi connectivity index (χ1) is 8.61.